The highest BCUT2D eigenvalue weighted by molar-refractivity contribution is 7.80. The maximum absolute atomic E-state index is 13.9. The van der Waals surface area contributed by atoms with E-state index in [9.17, 15) is 18.7 Å². The number of carbonyl (C=O) groups excluding carboxylic acids is 1. The molecular formula is C11H19F2NO2S. The Hall–Kier alpha value is -0.360. The quantitative estimate of drug-likeness (QED) is 0.537. The van der Waals surface area contributed by atoms with Crippen LogP contribution in [0.5, 0.6) is 0 Å². The molecule has 0 bridgehead atoms. The molecule has 0 unspecified atom stereocenters. The Morgan fingerprint density at radius 1 is 1.29 bits per heavy atom. The smallest absolute Gasteiger partial charge is 0.352 e. The maximum Gasteiger partial charge on any atom is 0.352 e. The summed E-state index contributed by atoms with van der Waals surface area (Å²) in [6, 6.07) is 0. The highest BCUT2D eigenvalue weighted by Gasteiger charge is 2.57. The molecule has 2 N–H and O–H groups in total. The van der Waals surface area contributed by atoms with E-state index < -0.39 is 17.4 Å². The van der Waals surface area contributed by atoms with Crippen LogP contribution in [0, 0.1) is 0 Å². The number of nitrogens with one attached hydrogen (secondary N) is 1. The first kappa shape index (κ1) is 14.7. The molecule has 1 aliphatic carbocycles. The molecule has 6 heteroatoms. The molecule has 100 valence electrons. The monoisotopic (exact) mass is 267 g/mol. The molecule has 1 rings (SSSR count). The molecule has 1 fully saturated rings. The Morgan fingerprint density at radius 3 is 2.29 bits per heavy atom. The van der Waals surface area contributed by atoms with Crippen molar-refractivity contribution >= 4 is 18.5 Å². The van der Waals surface area contributed by atoms with Crippen LogP contribution in [0.4, 0.5) is 8.78 Å². The van der Waals surface area contributed by atoms with Crippen molar-refractivity contribution < 1.29 is 18.7 Å². The topological polar surface area (TPSA) is 49.3 Å². The molecule has 0 aromatic carbocycles. The van der Waals surface area contributed by atoms with Gasteiger partial charge in [0.1, 0.15) is 5.60 Å². The molecule has 1 aliphatic rings. The molecule has 17 heavy (non-hydrogen) atoms. The summed E-state index contributed by atoms with van der Waals surface area (Å²) in [7, 11) is 0. The van der Waals surface area contributed by atoms with E-state index in [-0.39, 0.29) is 19.4 Å². The molecule has 0 heterocycles. The van der Waals surface area contributed by atoms with Crippen molar-refractivity contribution in [2.45, 2.75) is 50.0 Å². The van der Waals surface area contributed by atoms with Gasteiger partial charge in [-0.2, -0.15) is 21.4 Å². The molecule has 1 saturated carbocycles. The van der Waals surface area contributed by atoms with Crippen LogP contribution in [0.15, 0.2) is 0 Å². The Labute approximate surface area is 105 Å². The Morgan fingerprint density at radius 2 is 1.82 bits per heavy atom. The molecule has 0 radical (unpaired) electrons. The lowest BCUT2D eigenvalue weighted by Crippen LogP contribution is -2.57. The van der Waals surface area contributed by atoms with Crippen molar-refractivity contribution in [2.75, 3.05) is 12.3 Å². The highest BCUT2D eigenvalue weighted by Crippen LogP contribution is 2.39. The van der Waals surface area contributed by atoms with Crippen LogP contribution in [0.3, 0.4) is 0 Å². The van der Waals surface area contributed by atoms with E-state index in [1.807, 2.05) is 0 Å². The second kappa shape index (κ2) is 6.00. The summed E-state index contributed by atoms with van der Waals surface area (Å²) < 4.78 is 27.8. The number of halogens is 2. The van der Waals surface area contributed by atoms with Gasteiger partial charge in [-0.3, -0.25) is 4.79 Å². The van der Waals surface area contributed by atoms with Crippen molar-refractivity contribution in [1.29, 1.82) is 0 Å². The van der Waals surface area contributed by atoms with Crippen LogP contribution < -0.4 is 5.32 Å². The van der Waals surface area contributed by atoms with E-state index >= 15 is 0 Å². The number of hydrogen-bond acceptors (Lipinski definition) is 3. The van der Waals surface area contributed by atoms with Crippen LogP contribution in [-0.2, 0) is 4.79 Å². The van der Waals surface area contributed by atoms with Gasteiger partial charge in [-0.1, -0.05) is 25.7 Å². The largest absolute Gasteiger partial charge is 0.383 e. The minimum absolute atomic E-state index is 0.0195. The number of alkyl halides is 2. The number of hydrogen-bond donors (Lipinski definition) is 3. The van der Waals surface area contributed by atoms with Crippen molar-refractivity contribution in [3.63, 3.8) is 0 Å². The second-order valence-corrected chi connectivity index (χ2v) is 4.95. The predicted octanol–water partition coefficient (Wildman–Crippen LogP) is 1.75. The van der Waals surface area contributed by atoms with E-state index in [1.54, 1.807) is 0 Å². The zero-order valence-electron chi connectivity index (χ0n) is 9.72. The SMILES string of the molecule is O=C(NCCS)C(F)(F)C1(O)CCCCCC1. The number of carbonyl (C=O) groups is 1. The van der Waals surface area contributed by atoms with E-state index in [2.05, 4.69) is 17.9 Å². The summed E-state index contributed by atoms with van der Waals surface area (Å²) in [5, 5.41) is 12.1. The Kier molecular flexibility index (Phi) is 5.19. The summed E-state index contributed by atoms with van der Waals surface area (Å²) in [6.45, 7) is 0.0770. The lowest BCUT2D eigenvalue weighted by molar-refractivity contribution is -0.196. The number of thiol groups is 1. The lowest BCUT2D eigenvalue weighted by atomic mass is 9.87. The average Bonchev–Trinajstić information content (AvgIpc) is 2.52. The maximum atomic E-state index is 13.9. The molecule has 3 nitrogen and oxygen atoms in total. The summed E-state index contributed by atoms with van der Waals surface area (Å²) >= 11 is 3.83. The third kappa shape index (κ3) is 3.31. The first-order chi connectivity index (χ1) is 7.94. The van der Waals surface area contributed by atoms with Gasteiger partial charge in [0.05, 0.1) is 0 Å². The van der Waals surface area contributed by atoms with Gasteiger partial charge in [-0.15, -0.1) is 0 Å². The standard InChI is InChI=1S/C11H19F2NO2S/c12-11(13,9(15)14-7-8-17)10(16)5-3-1-2-4-6-10/h16-17H,1-8H2,(H,14,15). The number of amides is 1. The van der Waals surface area contributed by atoms with Gasteiger partial charge in [-0.05, 0) is 12.8 Å². The van der Waals surface area contributed by atoms with Crippen LogP contribution in [0.1, 0.15) is 38.5 Å². The van der Waals surface area contributed by atoms with E-state index in [0.717, 1.165) is 12.8 Å². The van der Waals surface area contributed by atoms with Crippen LogP contribution in [0.2, 0.25) is 0 Å². The van der Waals surface area contributed by atoms with Gasteiger partial charge >= 0.3 is 5.92 Å². The molecule has 0 saturated heterocycles. The second-order valence-electron chi connectivity index (χ2n) is 4.50. The van der Waals surface area contributed by atoms with Crippen molar-refractivity contribution in [2.24, 2.45) is 0 Å². The summed E-state index contributed by atoms with van der Waals surface area (Å²) in [4.78, 5) is 11.4. The van der Waals surface area contributed by atoms with Crippen LogP contribution in [0.25, 0.3) is 0 Å². The van der Waals surface area contributed by atoms with Crippen molar-refractivity contribution in [3.8, 4) is 0 Å². The molecular weight excluding hydrogens is 248 g/mol. The molecule has 0 spiro atoms. The van der Waals surface area contributed by atoms with Gasteiger partial charge in [-0.25, -0.2) is 0 Å². The fourth-order valence-corrected chi connectivity index (χ4v) is 2.23. The predicted molar refractivity (Wildman–Crippen MR) is 64.5 cm³/mol. The zero-order chi connectivity index (χ0) is 12.9. The zero-order valence-corrected chi connectivity index (χ0v) is 10.6. The van der Waals surface area contributed by atoms with E-state index in [4.69, 9.17) is 0 Å². The van der Waals surface area contributed by atoms with Gasteiger partial charge in [0.15, 0.2) is 0 Å². The third-order valence-electron chi connectivity index (χ3n) is 3.20. The fraction of sp³-hybridized carbons (Fsp3) is 0.909. The first-order valence-electron chi connectivity index (χ1n) is 5.93. The minimum Gasteiger partial charge on any atom is -0.383 e. The van der Waals surface area contributed by atoms with Crippen LogP contribution >= 0.6 is 12.6 Å². The third-order valence-corrected chi connectivity index (χ3v) is 3.42. The fourth-order valence-electron chi connectivity index (χ4n) is 2.12. The van der Waals surface area contributed by atoms with Crippen molar-refractivity contribution in [1.82, 2.24) is 5.32 Å². The lowest BCUT2D eigenvalue weighted by Gasteiger charge is -2.33. The summed E-state index contributed by atoms with van der Waals surface area (Å²) in [6.07, 6.45) is 2.69. The summed E-state index contributed by atoms with van der Waals surface area (Å²) in [5.74, 6) is -4.82. The van der Waals surface area contributed by atoms with E-state index in [0.29, 0.717) is 18.6 Å². The molecule has 0 aliphatic heterocycles. The molecule has 0 aromatic rings. The average molecular weight is 267 g/mol. The molecule has 0 atom stereocenters. The van der Waals surface area contributed by atoms with Gasteiger partial charge < -0.3 is 10.4 Å². The van der Waals surface area contributed by atoms with Gasteiger partial charge in [0, 0.05) is 12.3 Å². The van der Waals surface area contributed by atoms with E-state index in [1.165, 1.54) is 0 Å². The van der Waals surface area contributed by atoms with Gasteiger partial charge in [0.25, 0.3) is 5.91 Å². The Bertz CT molecular complexity index is 266. The van der Waals surface area contributed by atoms with Gasteiger partial charge in [0.2, 0.25) is 0 Å². The normalized spacial score (nSPS) is 20.7. The highest BCUT2D eigenvalue weighted by atomic mass is 32.1. The summed E-state index contributed by atoms with van der Waals surface area (Å²) in [5.41, 5.74) is -2.19. The molecule has 1 amide bonds. The first-order valence-corrected chi connectivity index (χ1v) is 6.57. The molecule has 0 aromatic heterocycles. The number of aliphatic hydroxyl groups is 1. The van der Waals surface area contributed by atoms with Crippen molar-refractivity contribution in [3.05, 3.63) is 0 Å². The Balaban J connectivity index is 2.74. The minimum atomic E-state index is -3.72. The van der Waals surface area contributed by atoms with Crippen LogP contribution in [-0.4, -0.2) is 34.8 Å². The number of rotatable bonds is 4.